The average molecular weight is 319 g/mol. The van der Waals surface area contributed by atoms with E-state index in [-0.39, 0.29) is 38.3 Å². The van der Waals surface area contributed by atoms with Gasteiger partial charge in [-0.2, -0.15) is 6.07 Å². The van der Waals surface area contributed by atoms with Crippen LogP contribution in [0.1, 0.15) is 27.7 Å². The van der Waals surface area contributed by atoms with Crippen LogP contribution in [-0.2, 0) is 32.7 Å². The fourth-order valence-electron chi connectivity index (χ4n) is 1.20. The summed E-state index contributed by atoms with van der Waals surface area (Å²) in [5.74, 6) is 0. The number of benzene rings is 1. The van der Waals surface area contributed by atoms with Crippen LogP contribution in [0.3, 0.4) is 0 Å². The van der Waals surface area contributed by atoms with Crippen LogP contribution in [-0.4, -0.2) is 4.98 Å². The van der Waals surface area contributed by atoms with Gasteiger partial charge >= 0.3 is 0 Å². The number of hydrogen-bond donors (Lipinski definition) is 1. The minimum Gasteiger partial charge on any atom is -0.437 e. The molecule has 95 valence electrons. The molecule has 0 unspecified atom stereocenters. The quantitative estimate of drug-likeness (QED) is 0.795. The first-order valence-electron chi connectivity index (χ1n) is 6.02. The van der Waals surface area contributed by atoms with Crippen molar-refractivity contribution in [3.8, 4) is 11.1 Å². The van der Waals surface area contributed by atoms with Crippen molar-refractivity contribution in [3.05, 3.63) is 59.0 Å². The Bertz CT molecular complexity index is 451. The summed E-state index contributed by atoms with van der Waals surface area (Å²) in [6.45, 7) is 8.00. The van der Waals surface area contributed by atoms with E-state index in [1.165, 1.54) is 0 Å². The molecular weight excluding hydrogens is 299 g/mol. The van der Waals surface area contributed by atoms with E-state index in [0.29, 0.717) is 0 Å². The zero-order chi connectivity index (χ0) is 13.1. The molecular formula is C15H20NOY-. The average Bonchev–Trinajstić information content (AvgIpc) is 2.44. The van der Waals surface area contributed by atoms with Gasteiger partial charge < -0.3 is 9.78 Å². The van der Waals surface area contributed by atoms with Gasteiger partial charge in [-0.15, -0.1) is 17.8 Å². The van der Waals surface area contributed by atoms with Crippen LogP contribution in [0.15, 0.2) is 47.3 Å². The summed E-state index contributed by atoms with van der Waals surface area (Å²) < 4.78 is 0. The number of hydrogen-bond acceptors (Lipinski definition) is 1. The van der Waals surface area contributed by atoms with Crippen LogP contribution >= 0.6 is 0 Å². The number of nitrogens with one attached hydrogen (secondary N) is 1. The molecule has 0 spiro atoms. The topological polar surface area (TPSA) is 32.9 Å². The number of pyridine rings is 1. The van der Waals surface area contributed by atoms with Crippen molar-refractivity contribution in [2.75, 3.05) is 0 Å². The van der Waals surface area contributed by atoms with Crippen LogP contribution in [0.4, 0.5) is 0 Å². The monoisotopic (exact) mass is 319 g/mol. The molecule has 2 nitrogen and oxygen atoms in total. The van der Waals surface area contributed by atoms with Crippen LogP contribution in [0.2, 0.25) is 0 Å². The first-order valence-corrected chi connectivity index (χ1v) is 6.02. The summed E-state index contributed by atoms with van der Waals surface area (Å²) in [5.41, 5.74) is 1.80. The Kier molecular flexibility index (Phi) is 13.9. The second-order valence-corrected chi connectivity index (χ2v) is 2.74. The molecule has 1 aromatic carbocycles. The predicted molar refractivity (Wildman–Crippen MR) is 74.0 cm³/mol. The molecule has 1 heterocycles. The molecule has 0 atom stereocenters. The predicted octanol–water partition coefficient (Wildman–Crippen LogP) is 3.89. The summed E-state index contributed by atoms with van der Waals surface area (Å²) in [7, 11) is 0. The molecule has 0 saturated heterocycles. The van der Waals surface area contributed by atoms with E-state index in [9.17, 15) is 4.79 Å². The van der Waals surface area contributed by atoms with Crippen LogP contribution in [0.25, 0.3) is 11.1 Å². The van der Waals surface area contributed by atoms with E-state index in [4.69, 9.17) is 0 Å². The second kappa shape index (κ2) is 12.7. The smallest absolute Gasteiger partial charge is 0.134 e. The molecule has 2 rings (SSSR count). The number of rotatable bonds is 1. The minimum absolute atomic E-state index is 0. The molecule has 3 heteroatoms. The van der Waals surface area contributed by atoms with Crippen molar-refractivity contribution < 1.29 is 32.7 Å². The maximum Gasteiger partial charge on any atom is 0.134 e. The number of aromatic nitrogens is 1. The largest absolute Gasteiger partial charge is 0.437 e. The Hall–Kier alpha value is -0.726. The molecule has 1 aromatic heterocycles. The minimum atomic E-state index is -0.124. The van der Waals surface area contributed by atoms with Gasteiger partial charge in [0.15, 0.2) is 0 Å². The number of H-pyrrole nitrogens is 1. The van der Waals surface area contributed by atoms with E-state index < -0.39 is 0 Å². The second-order valence-electron chi connectivity index (χ2n) is 2.74. The summed E-state index contributed by atoms with van der Waals surface area (Å²) >= 11 is 0. The summed E-state index contributed by atoms with van der Waals surface area (Å²) in [4.78, 5) is 13.4. The summed E-state index contributed by atoms with van der Waals surface area (Å²) in [6.07, 6.45) is 2.69. The Balaban J connectivity index is 0. The first-order chi connectivity index (χ1) is 8.36. The van der Waals surface area contributed by atoms with Gasteiger partial charge in [-0.3, -0.25) is 0 Å². The molecule has 0 aliphatic rings. The maximum atomic E-state index is 11.0. The zero-order valence-electron chi connectivity index (χ0n) is 11.5. The molecule has 0 bridgehead atoms. The molecule has 1 N–H and O–H groups in total. The molecule has 1 radical (unpaired) electrons. The SMILES string of the molecule is CC.CC.O=c1cc(-c2ccccc2)c[c-][nH]1.[Y]. The Labute approximate surface area is 135 Å². The van der Waals surface area contributed by atoms with Gasteiger partial charge in [-0.1, -0.05) is 63.6 Å². The first kappa shape index (κ1) is 19.6. The summed E-state index contributed by atoms with van der Waals surface area (Å²) in [6, 6.07) is 13.1. The van der Waals surface area contributed by atoms with E-state index in [2.05, 4.69) is 11.2 Å². The van der Waals surface area contributed by atoms with Crippen molar-refractivity contribution in [2.45, 2.75) is 27.7 Å². The molecule has 0 aliphatic carbocycles. The zero-order valence-corrected chi connectivity index (χ0v) is 14.4. The van der Waals surface area contributed by atoms with Gasteiger partial charge in [0.05, 0.1) is 0 Å². The third kappa shape index (κ3) is 6.88. The fourth-order valence-corrected chi connectivity index (χ4v) is 1.20. The van der Waals surface area contributed by atoms with Gasteiger partial charge in [0.1, 0.15) is 5.56 Å². The van der Waals surface area contributed by atoms with Crippen molar-refractivity contribution in [1.82, 2.24) is 4.98 Å². The van der Waals surface area contributed by atoms with Crippen molar-refractivity contribution >= 4 is 0 Å². The fraction of sp³-hybridized carbons (Fsp3) is 0.267. The number of aromatic amines is 1. The van der Waals surface area contributed by atoms with E-state index in [0.717, 1.165) is 11.1 Å². The van der Waals surface area contributed by atoms with E-state index >= 15 is 0 Å². The molecule has 0 saturated carbocycles. The van der Waals surface area contributed by atoms with Crippen LogP contribution in [0.5, 0.6) is 0 Å². The Morgan fingerprint density at radius 3 is 2.00 bits per heavy atom. The summed E-state index contributed by atoms with van der Waals surface area (Å²) in [5, 5.41) is 0. The molecule has 0 amide bonds. The van der Waals surface area contributed by atoms with Crippen LogP contribution < -0.4 is 5.56 Å². The van der Waals surface area contributed by atoms with E-state index in [1.807, 2.05) is 58.0 Å². The third-order valence-electron chi connectivity index (χ3n) is 1.82. The van der Waals surface area contributed by atoms with Crippen LogP contribution in [0, 0.1) is 6.20 Å². The van der Waals surface area contributed by atoms with Crippen molar-refractivity contribution in [3.63, 3.8) is 0 Å². The normalized spacial score (nSPS) is 7.78. The Morgan fingerprint density at radius 1 is 0.944 bits per heavy atom. The maximum absolute atomic E-state index is 11.0. The molecule has 0 aliphatic heterocycles. The third-order valence-corrected chi connectivity index (χ3v) is 1.82. The molecule has 2 aromatic rings. The van der Waals surface area contributed by atoms with Crippen molar-refractivity contribution in [2.24, 2.45) is 0 Å². The molecule has 0 fully saturated rings. The van der Waals surface area contributed by atoms with E-state index in [1.54, 1.807) is 12.1 Å². The van der Waals surface area contributed by atoms with Gasteiger partial charge in [0, 0.05) is 32.7 Å². The molecule has 18 heavy (non-hydrogen) atoms. The van der Waals surface area contributed by atoms with Crippen molar-refractivity contribution in [1.29, 1.82) is 0 Å². The Morgan fingerprint density at radius 2 is 1.50 bits per heavy atom. The standard InChI is InChI=1S/C11H8NO.2C2H6.Y/c13-11-8-10(6-7-12-11)9-4-2-1-3-5-9;2*1-2;/h1-6,8H,(H,12,13);2*1-2H3;/q-1;;;. The van der Waals surface area contributed by atoms with Gasteiger partial charge in [-0.25, -0.2) is 0 Å². The van der Waals surface area contributed by atoms with Gasteiger partial charge in [0.2, 0.25) is 0 Å². The van der Waals surface area contributed by atoms with Gasteiger partial charge in [-0.05, 0) is 0 Å². The van der Waals surface area contributed by atoms with Gasteiger partial charge in [0.25, 0.3) is 0 Å².